The van der Waals surface area contributed by atoms with E-state index in [0.717, 1.165) is 27.3 Å². The van der Waals surface area contributed by atoms with Crippen LogP contribution in [0.25, 0.3) is 5.57 Å². The SMILES string of the molecule is C=C(C/N=C(\C)C(=S)c1ccccc1)c1ccccc1. The van der Waals surface area contributed by atoms with Gasteiger partial charge in [-0.1, -0.05) is 79.5 Å². The van der Waals surface area contributed by atoms with Crippen LogP contribution in [0.2, 0.25) is 0 Å². The van der Waals surface area contributed by atoms with Gasteiger partial charge in [-0.2, -0.15) is 0 Å². The van der Waals surface area contributed by atoms with Crippen LogP contribution in [-0.2, 0) is 0 Å². The number of aliphatic imine (C=N–C) groups is 1. The molecule has 0 fully saturated rings. The zero-order chi connectivity index (χ0) is 14.4. The Morgan fingerprint density at radius 2 is 1.45 bits per heavy atom. The first kappa shape index (κ1) is 14.4. The second-order valence-electron chi connectivity index (χ2n) is 4.57. The van der Waals surface area contributed by atoms with Crippen molar-refractivity contribution < 1.29 is 0 Å². The Balaban J connectivity index is 2.05. The highest BCUT2D eigenvalue weighted by atomic mass is 32.1. The summed E-state index contributed by atoms with van der Waals surface area (Å²) in [6.45, 7) is 6.60. The molecule has 0 aliphatic rings. The molecule has 0 aromatic heterocycles. The molecule has 0 amide bonds. The molecule has 2 aromatic rings. The lowest BCUT2D eigenvalue weighted by molar-refractivity contribution is 1.26. The lowest BCUT2D eigenvalue weighted by Crippen LogP contribution is -2.09. The standard InChI is InChI=1S/C18H17NS/c1-14(16-9-5-3-6-10-16)13-19-15(2)18(20)17-11-7-4-8-12-17/h3-12H,1,13H2,2H3/b19-15+. The van der Waals surface area contributed by atoms with E-state index in [2.05, 4.69) is 11.6 Å². The van der Waals surface area contributed by atoms with Gasteiger partial charge < -0.3 is 0 Å². The van der Waals surface area contributed by atoms with Gasteiger partial charge in [-0.25, -0.2) is 0 Å². The zero-order valence-electron chi connectivity index (χ0n) is 11.5. The molecule has 2 rings (SSSR count). The van der Waals surface area contributed by atoms with Crippen LogP contribution in [-0.4, -0.2) is 17.1 Å². The van der Waals surface area contributed by atoms with Gasteiger partial charge >= 0.3 is 0 Å². The molecule has 0 aliphatic carbocycles. The minimum absolute atomic E-state index is 0.572. The van der Waals surface area contributed by atoms with Gasteiger partial charge in [0.2, 0.25) is 0 Å². The van der Waals surface area contributed by atoms with Crippen LogP contribution in [0.1, 0.15) is 18.1 Å². The van der Waals surface area contributed by atoms with Gasteiger partial charge in [-0.15, -0.1) is 0 Å². The van der Waals surface area contributed by atoms with E-state index in [1.165, 1.54) is 0 Å². The predicted octanol–water partition coefficient (Wildman–Crippen LogP) is 4.58. The number of nitrogens with zero attached hydrogens (tertiary/aromatic N) is 1. The molecule has 0 saturated heterocycles. The summed E-state index contributed by atoms with van der Waals surface area (Å²) >= 11 is 5.45. The van der Waals surface area contributed by atoms with E-state index < -0.39 is 0 Å². The summed E-state index contributed by atoms with van der Waals surface area (Å²) in [7, 11) is 0. The van der Waals surface area contributed by atoms with Crippen LogP contribution in [0.3, 0.4) is 0 Å². The Morgan fingerprint density at radius 3 is 2.00 bits per heavy atom. The monoisotopic (exact) mass is 279 g/mol. The number of hydrogen-bond donors (Lipinski definition) is 0. The molecule has 0 N–H and O–H groups in total. The van der Waals surface area contributed by atoms with E-state index in [4.69, 9.17) is 12.2 Å². The Bertz CT molecular complexity index is 627. The van der Waals surface area contributed by atoms with E-state index in [1.807, 2.05) is 67.6 Å². The molecule has 0 aliphatic heterocycles. The van der Waals surface area contributed by atoms with Crippen molar-refractivity contribution in [3.05, 3.63) is 78.4 Å². The molecule has 0 unspecified atom stereocenters. The first-order valence-electron chi connectivity index (χ1n) is 6.52. The lowest BCUT2D eigenvalue weighted by Gasteiger charge is -2.06. The summed E-state index contributed by atoms with van der Waals surface area (Å²) < 4.78 is 0. The summed E-state index contributed by atoms with van der Waals surface area (Å²) in [5, 5.41) is 0. The fraction of sp³-hybridized carbons (Fsp3) is 0.111. The van der Waals surface area contributed by atoms with Gasteiger partial charge in [0.1, 0.15) is 0 Å². The Labute approximate surface area is 125 Å². The quantitative estimate of drug-likeness (QED) is 0.443. The van der Waals surface area contributed by atoms with Crippen LogP contribution < -0.4 is 0 Å². The van der Waals surface area contributed by atoms with Crippen molar-refractivity contribution in [2.45, 2.75) is 6.92 Å². The van der Waals surface area contributed by atoms with Gasteiger partial charge in [0.15, 0.2) is 0 Å². The van der Waals surface area contributed by atoms with Crippen LogP contribution >= 0.6 is 12.2 Å². The minimum Gasteiger partial charge on any atom is -0.284 e. The third-order valence-corrected chi connectivity index (χ3v) is 3.58. The normalized spacial score (nSPS) is 11.2. The zero-order valence-corrected chi connectivity index (χ0v) is 12.4. The lowest BCUT2D eigenvalue weighted by atomic mass is 10.1. The van der Waals surface area contributed by atoms with E-state index >= 15 is 0 Å². The highest BCUT2D eigenvalue weighted by molar-refractivity contribution is 7.82. The van der Waals surface area contributed by atoms with Gasteiger partial charge in [-0.3, -0.25) is 4.99 Å². The predicted molar refractivity (Wildman–Crippen MR) is 91.6 cm³/mol. The molecule has 20 heavy (non-hydrogen) atoms. The molecule has 0 heterocycles. The summed E-state index contributed by atoms with van der Waals surface area (Å²) in [5.74, 6) is 0. The summed E-state index contributed by atoms with van der Waals surface area (Å²) in [6, 6.07) is 20.1. The average molecular weight is 279 g/mol. The second-order valence-corrected chi connectivity index (χ2v) is 4.97. The van der Waals surface area contributed by atoms with Gasteiger partial charge in [0.25, 0.3) is 0 Å². The van der Waals surface area contributed by atoms with Crippen LogP contribution in [0.5, 0.6) is 0 Å². The molecular formula is C18H17NS. The Hall–Kier alpha value is -2.06. The molecule has 0 radical (unpaired) electrons. The molecule has 2 heteroatoms. The summed E-state index contributed by atoms with van der Waals surface area (Å²) in [6.07, 6.45) is 0. The highest BCUT2D eigenvalue weighted by Crippen LogP contribution is 2.12. The molecule has 0 bridgehead atoms. The summed E-state index contributed by atoms with van der Waals surface area (Å²) in [4.78, 5) is 5.35. The fourth-order valence-electron chi connectivity index (χ4n) is 1.85. The molecule has 1 nitrogen and oxygen atoms in total. The molecule has 2 aromatic carbocycles. The number of benzene rings is 2. The van der Waals surface area contributed by atoms with Crippen LogP contribution in [0.4, 0.5) is 0 Å². The third kappa shape index (κ3) is 3.72. The molecule has 0 atom stereocenters. The van der Waals surface area contributed by atoms with E-state index in [0.29, 0.717) is 6.54 Å². The van der Waals surface area contributed by atoms with Crippen LogP contribution in [0, 0.1) is 0 Å². The molecular weight excluding hydrogens is 262 g/mol. The highest BCUT2D eigenvalue weighted by Gasteiger charge is 2.04. The molecule has 100 valence electrons. The first-order chi connectivity index (χ1) is 9.68. The maximum Gasteiger partial charge on any atom is 0.0657 e. The first-order valence-corrected chi connectivity index (χ1v) is 6.93. The fourth-order valence-corrected chi connectivity index (χ4v) is 2.05. The van der Waals surface area contributed by atoms with Crippen LogP contribution in [0.15, 0.2) is 72.2 Å². The maximum absolute atomic E-state index is 5.45. The second kappa shape index (κ2) is 6.92. The van der Waals surface area contributed by atoms with Crippen molar-refractivity contribution in [2.24, 2.45) is 4.99 Å². The van der Waals surface area contributed by atoms with Gasteiger partial charge in [0, 0.05) is 0 Å². The maximum atomic E-state index is 5.45. The third-order valence-electron chi connectivity index (χ3n) is 3.05. The van der Waals surface area contributed by atoms with Gasteiger partial charge in [0.05, 0.1) is 17.1 Å². The van der Waals surface area contributed by atoms with E-state index in [-0.39, 0.29) is 0 Å². The Morgan fingerprint density at radius 1 is 0.950 bits per heavy atom. The molecule has 0 saturated carbocycles. The molecule has 0 spiro atoms. The Kier molecular flexibility index (Phi) is 4.97. The number of thiocarbonyl (C=S) groups is 1. The number of hydrogen-bond acceptors (Lipinski definition) is 2. The smallest absolute Gasteiger partial charge is 0.0657 e. The minimum atomic E-state index is 0.572. The van der Waals surface area contributed by atoms with Crippen molar-refractivity contribution >= 4 is 28.4 Å². The summed E-state index contributed by atoms with van der Waals surface area (Å²) in [5.41, 5.74) is 4.04. The average Bonchev–Trinajstić information content (AvgIpc) is 2.53. The number of rotatable bonds is 5. The topological polar surface area (TPSA) is 12.4 Å². The largest absolute Gasteiger partial charge is 0.284 e. The van der Waals surface area contributed by atoms with Crippen molar-refractivity contribution in [1.82, 2.24) is 0 Å². The van der Waals surface area contributed by atoms with Crippen molar-refractivity contribution in [3.63, 3.8) is 0 Å². The van der Waals surface area contributed by atoms with E-state index in [1.54, 1.807) is 0 Å². The van der Waals surface area contributed by atoms with Gasteiger partial charge in [-0.05, 0) is 23.6 Å². The van der Waals surface area contributed by atoms with Crippen molar-refractivity contribution in [3.8, 4) is 0 Å². The van der Waals surface area contributed by atoms with Crippen molar-refractivity contribution in [2.75, 3.05) is 6.54 Å². The van der Waals surface area contributed by atoms with E-state index in [9.17, 15) is 0 Å². The van der Waals surface area contributed by atoms with Crippen molar-refractivity contribution in [1.29, 1.82) is 0 Å².